The van der Waals surface area contributed by atoms with Crippen molar-refractivity contribution in [1.29, 1.82) is 0 Å². The van der Waals surface area contributed by atoms with E-state index < -0.39 is 33.6 Å². The number of sulfonamides is 1. The molecule has 0 fully saturated rings. The van der Waals surface area contributed by atoms with E-state index in [-0.39, 0.29) is 17.2 Å². The molecule has 1 aliphatic rings. The zero-order valence-corrected chi connectivity index (χ0v) is 20.1. The Bertz CT molecular complexity index is 1390. The van der Waals surface area contributed by atoms with Crippen molar-refractivity contribution in [3.05, 3.63) is 87.6 Å². The predicted molar refractivity (Wildman–Crippen MR) is 127 cm³/mol. The molecule has 0 radical (unpaired) electrons. The van der Waals surface area contributed by atoms with E-state index in [2.05, 4.69) is 9.71 Å². The summed E-state index contributed by atoms with van der Waals surface area (Å²) >= 11 is 0. The highest BCUT2D eigenvalue weighted by molar-refractivity contribution is 7.88. The molecule has 34 heavy (non-hydrogen) atoms. The average molecular weight is 488 g/mol. The molecule has 1 N–H and O–H groups in total. The lowest BCUT2D eigenvalue weighted by Gasteiger charge is -2.33. The number of aryl methyl sites for hydroxylation is 1. The minimum absolute atomic E-state index is 0.103. The first-order valence-corrected chi connectivity index (χ1v) is 13.0. The number of hydrogen-bond acceptors (Lipinski definition) is 4. The van der Waals surface area contributed by atoms with Gasteiger partial charge in [0, 0.05) is 29.1 Å². The van der Waals surface area contributed by atoms with Crippen LogP contribution in [0.4, 0.5) is 8.78 Å². The van der Waals surface area contributed by atoms with Gasteiger partial charge in [-0.1, -0.05) is 36.4 Å². The van der Waals surface area contributed by atoms with Gasteiger partial charge in [0.05, 0.1) is 18.3 Å². The second kappa shape index (κ2) is 9.38. The van der Waals surface area contributed by atoms with Gasteiger partial charge < -0.3 is 0 Å². The summed E-state index contributed by atoms with van der Waals surface area (Å²) in [6.07, 6.45) is 3.97. The highest BCUT2D eigenvalue weighted by Crippen LogP contribution is 2.33. The summed E-state index contributed by atoms with van der Waals surface area (Å²) in [6.45, 7) is 3.77. The summed E-state index contributed by atoms with van der Waals surface area (Å²) in [4.78, 5) is 17.9. The third-order valence-electron chi connectivity index (χ3n) is 6.23. The first kappa shape index (κ1) is 24.2. The van der Waals surface area contributed by atoms with E-state index in [0.29, 0.717) is 36.1 Å². The number of nitrogens with one attached hydrogen (secondary N) is 1. The van der Waals surface area contributed by atoms with Crippen molar-refractivity contribution < 1.29 is 17.2 Å². The van der Waals surface area contributed by atoms with Gasteiger partial charge >= 0.3 is 0 Å². The molecule has 0 aliphatic heterocycles. The van der Waals surface area contributed by atoms with Crippen LogP contribution in [0, 0.1) is 11.6 Å². The normalized spacial score (nSPS) is 18.2. The molecule has 1 aliphatic carbocycles. The maximum absolute atomic E-state index is 14.4. The SMILES string of the molecule is CC(C)n1cnc2c(c1=O)[C@@H](Cc1cccc(-c3cccc(F)c3F)c1)[C@@H](NS(C)(=O)=O)CC2. The summed E-state index contributed by atoms with van der Waals surface area (Å²) in [5.41, 5.74) is 2.41. The summed E-state index contributed by atoms with van der Waals surface area (Å²) in [7, 11) is -3.52. The van der Waals surface area contributed by atoms with Crippen LogP contribution in [0.25, 0.3) is 11.1 Å². The van der Waals surface area contributed by atoms with Crippen LogP contribution in [0.3, 0.4) is 0 Å². The Morgan fingerprint density at radius 3 is 2.62 bits per heavy atom. The molecular formula is C25H27F2N3O3S. The third kappa shape index (κ3) is 4.95. The Hall–Kier alpha value is -2.91. The topological polar surface area (TPSA) is 81.1 Å². The van der Waals surface area contributed by atoms with Gasteiger partial charge in [-0.15, -0.1) is 0 Å². The van der Waals surface area contributed by atoms with Crippen molar-refractivity contribution in [2.24, 2.45) is 0 Å². The van der Waals surface area contributed by atoms with E-state index in [1.54, 1.807) is 29.1 Å². The molecule has 4 rings (SSSR count). The summed E-state index contributed by atoms with van der Waals surface area (Å²) < 4.78 is 56.6. The third-order valence-corrected chi connectivity index (χ3v) is 6.96. The minimum atomic E-state index is -3.52. The van der Waals surface area contributed by atoms with Crippen LogP contribution >= 0.6 is 0 Å². The van der Waals surface area contributed by atoms with Crippen molar-refractivity contribution >= 4 is 10.0 Å². The van der Waals surface area contributed by atoms with Crippen LogP contribution in [0.2, 0.25) is 0 Å². The van der Waals surface area contributed by atoms with E-state index in [9.17, 15) is 22.0 Å². The second-order valence-electron chi connectivity index (χ2n) is 9.06. The molecule has 1 aromatic heterocycles. The van der Waals surface area contributed by atoms with Crippen LogP contribution in [-0.2, 0) is 22.9 Å². The summed E-state index contributed by atoms with van der Waals surface area (Å²) in [5, 5.41) is 0. The number of halogens is 2. The highest BCUT2D eigenvalue weighted by atomic mass is 32.2. The molecular weight excluding hydrogens is 460 g/mol. The lowest BCUT2D eigenvalue weighted by Crippen LogP contribution is -2.45. The number of aromatic nitrogens is 2. The van der Waals surface area contributed by atoms with Gasteiger partial charge in [-0.3, -0.25) is 9.36 Å². The molecule has 0 amide bonds. The van der Waals surface area contributed by atoms with Gasteiger partial charge in [-0.05, 0) is 50.3 Å². The second-order valence-corrected chi connectivity index (χ2v) is 10.8. The molecule has 0 saturated carbocycles. The number of hydrogen-bond donors (Lipinski definition) is 1. The van der Waals surface area contributed by atoms with Gasteiger partial charge in [0.25, 0.3) is 5.56 Å². The largest absolute Gasteiger partial charge is 0.296 e. The first-order chi connectivity index (χ1) is 16.0. The molecule has 2 atom stereocenters. The lowest BCUT2D eigenvalue weighted by atomic mass is 9.78. The minimum Gasteiger partial charge on any atom is -0.296 e. The van der Waals surface area contributed by atoms with E-state index in [1.165, 1.54) is 12.1 Å². The van der Waals surface area contributed by atoms with Crippen LogP contribution in [0.15, 0.2) is 53.6 Å². The quantitative estimate of drug-likeness (QED) is 0.571. The number of rotatable bonds is 6. The fraction of sp³-hybridized carbons (Fsp3) is 0.360. The average Bonchev–Trinajstić information content (AvgIpc) is 2.76. The van der Waals surface area contributed by atoms with E-state index in [0.717, 1.165) is 17.9 Å². The molecule has 0 saturated heterocycles. The van der Waals surface area contributed by atoms with E-state index >= 15 is 0 Å². The predicted octanol–water partition coefficient (Wildman–Crippen LogP) is 3.96. The lowest BCUT2D eigenvalue weighted by molar-refractivity contribution is 0.413. The van der Waals surface area contributed by atoms with Gasteiger partial charge in [-0.2, -0.15) is 0 Å². The molecule has 1 heterocycles. The maximum Gasteiger partial charge on any atom is 0.257 e. The molecule has 180 valence electrons. The van der Waals surface area contributed by atoms with Gasteiger partial charge in [0.15, 0.2) is 11.6 Å². The van der Waals surface area contributed by atoms with Crippen LogP contribution in [0.5, 0.6) is 0 Å². The zero-order valence-electron chi connectivity index (χ0n) is 19.3. The number of fused-ring (bicyclic) bond motifs is 1. The van der Waals surface area contributed by atoms with Crippen LogP contribution < -0.4 is 10.3 Å². The van der Waals surface area contributed by atoms with Crippen molar-refractivity contribution in [3.8, 4) is 11.1 Å². The van der Waals surface area contributed by atoms with E-state index in [4.69, 9.17) is 0 Å². The Balaban J connectivity index is 1.79. The standard InChI is InChI=1S/C25H27F2N3O3S/c1-15(2)30-14-28-22-11-10-21(29-34(3,32)33)19(23(22)25(30)31)13-16-6-4-7-17(12-16)18-8-5-9-20(26)24(18)27/h4-9,12,14-15,19,21,29H,10-11,13H2,1-3H3/t19-,21-/m0/s1. The molecule has 0 unspecified atom stereocenters. The van der Waals surface area contributed by atoms with Crippen molar-refractivity contribution in [3.63, 3.8) is 0 Å². The molecule has 9 heteroatoms. The Morgan fingerprint density at radius 1 is 1.18 bits per heavy atom. The maximum atomic E-state index is 14.4. The molecule has 0 spiro atoms. The Labute approximate surface area is 197 Å². The zero-order chi connectivity index (χ0) is 24.6. The summed E-state index contributed by atoms with van der Waals surface area (Å²) in [5.74, 6) is -2.32. The number of benzene rings is 2. The number of nitrogens with zero attached hydrogens (tertiary/aromatic N) is 2. The monoisotopic (exact) mass is 487 g/mol. The van der Waals surface area contributed by atoms with Crippen molar-refractivity contribution in [1.82, 2.24) is 14.3 Å². The van der Waals surface area contributed by atoms with Gasteiger partial charge in [0.1, 0.15) is 0 Å². The van der Waals surface area contributed by atoms with E-state index in [1.807, 2.05) is 19.9 Å². The first-order valence-electron chi connectivity index (χ1n) is 11.2. The van der Waals surface area contributed by atoms with Gasteiger partial charge in [0.2, 0.25) is 10.0 Å². The molecule has 6 nitrogen and oxygen atoms in total. The molecule has 0 bridgehead atoms. The van der Waals surface area contributed by atoms with Crippen LogP contribution in [0.1, 0.15) is 49.0 Å². The van der Waals surface area contributed by atoms with Gasteiger partial charge in [-0.25, -0.2) is 26.9 Å². The smallest absolute Gasteiger partial charge is 0.257 e. The Morgan fingerprint density at radius 2 is 1.91 bits per heavy atom. The van der Waals surface area contributed by atoms with Crippen molar-refractivity contribution in [2.75, 3.05) is 6.26 Å². The fourth-order valence-electron chi connectivity index (χ4n) is 4.66. The van der Waals surface area contributed by atoms with Crippen molar-refractivity contribution in [2.45, 2.75) is 51.1 Å². The fourth-order valence-corrected chi connectivity index (χ4v) is 5.49. The molecule has 3 aromatic rings. The highest BCUT2D eigenvalue weighted by Gasteiger charge is 2.35. The molecule has 2 aromatic carbocycles. The van der Waals surface area contributed by atoms with Crippen LogP contribution in [-0.4, -0.2) is 30.3 Å². The Kier molecular flexibility index (Phi) is 6.69. The summed E-state index contributed by atoms with van der Waals surface area (Å²) in [6, 6.07) is 10.4.